The fourth-order valence-electron chi connectivity index (χ4n) is 3.42. The average molecular weight is 428 g/mol. The fourth-order valence-corrected chi connectivity index (χ4v) is 3.42. The Morgan fingerprint density at radius 1 is 1.04 bits per heavy atom. The van der Waals surface area contributed by atoms with E-state index in [4.69, 9.17) is 5.73 Å². The van der Waals surface area contributed by atoms with Gasteiger partial charge in [-0.05, 0) is 43.0 Å². The van der Waals surface area contributed by atoms with Gasteiger partial charge in [0.2, 0.25) is 0 Å². The first-order valence-corrected chi connectivity index (χ1v) is 9.27. The molecule has 1 aliphatic rings. The number of rotatable bonds is 7. The summed E-state index contributed by atoms with van der Waals surface area (Å²) in [5, 5.41) is 0. The van der Waals surface area contributed by atoms with Crippen molar-refractivity contribution in [3.05, 3.63) is 65.5 Å². The standard InChI is InChI=1S/C21H26FN3O.2ClH/c22-19-16-18(8-9-20(19)24-12-4-5-13-24)21(26)25(15-11-23)14-10-17-6-2-1-3-7-17;;/h1-3,6-9,16H,4-5,10-15,23H2;2*1H. The molecule has 0 radical (unpaired) electrons. The molecule has 0 bridgehead atoms. The molecular formula is C21H28Cl2FN3O. The van der Waals surface area contributed by atoms with Crippen molar-refractivity contribution in [2.24, 2.45) is 5.73 Å². The van der Waals surface area contributed by atoms with E-state index >= 15 is 0 Å². The minimum absolute atomic E-state index is 0. The van der Waals surface area contributed by atoms with Crippen LogP contribution in [0.15, 0.2) is 48.5 Å². The van der Waals surface area contributed by atoms with E-state index in [0.29, 0.717) is 30.9 Å². The molecule has 154 valence electrons. The highest BCUT2D eigenvalue weighted by Crippen LogP contribution is 2.25. The first-order valence-electron chi connectivity index (χ1n) is 9.27. The summed E-state index contributed by atoms with van der Waals surface area (Å²) in [6.45, 7) is 3.16. The Morgan fingerprint density at radius 3 is 2.32 bits per heavy atom. The van der Waals surface area contributed by atoms with Gasteiger partial charge in [-0.3, -0.25) is 4.79 Å². The van der Waals surface area contributed by atoms with Gasteiger partial charge in [-0.1, -0.05) is 30.3 Å². The average Bonchev–Trinajstić information content (AvgIpc) is 3.19. The summed E-state index contributed by atoms with van der Waals surface area (Å²) in [6.07, 6.45) is 2.93. The van der Waals surface area contributed by atoms with Crippen molar-refractivity contribution in [1.82, 2.24) is 4.90 Å². The lowest BCUT2D eigenvalue weighted by molar-refractivity contribution is 0.0761. The van der Waals surface area contributed by atoms with E-state index < -0.39 is 0 Å². The van der Waals surface area contributed by atoms with Crippen molar-refractivity contribution in [2.45, 2.75) is 19.3 Å². The number of anilines is 1. The summed E-state index contributed by atoms with van der Waals surface area (Å²) in [5.74, 6) is -0.494. The van der Waals surface area contributed by atoms with Crippen LogP contribution in [0.25, 0.3) is 0 Å². The summed E-state index contributed by atoms with van der Waals surface area (Å²) < 4.78 is 14.5. The minimum Gasteiger partial charge on any atom is -0.369 e. The van der Waals surface area contributed by atoms with E-state index in [1.54, 1.807) is 17.0 Å². The van der Waals surface area contributed by atoms with Gasteiger partial charge in [0, 0.05) is 38.3 Å². The monoisotopic (exact) mass is 427 g/mol. The van der Waals surface area contributed by atoms with Crippen molar-refractivity contribution in [3.8, 4) is 0 Å². The second kappa shape index (κ2) is 11.9. The van der Waals surface area contributed by atoms with Crippen molar-refractivity contribution in [3.63, 3.8) is 0 Å². The van der Waals surface area contributed by atoms with Crippen LogP contribution < -0.4 is 10.6 Å². The van der Waals surface area contributed by atoms with E-state index in [1.165, 1.54) is 6.07 Å². The van der Waals surface area contributed by atoms with Crippen molar-refractivity contribution < 1.29 is 9.18 Å². The Labute approximate surface area is 178 Å². The van der Waals surface area contributed by atoms with Gasteiger partial charge in [-0.25, -0.2) is 4.39 Å². The molecule has 1 saturated heterocycles. The summed E-state index contributed by atoms with van der Waals surface area (Å²) >= 11 is 0. The van der Waals surface area contributed by atoms with Gasteiger partial charge < -0.3 is 15.5 Å². The second-order valence-corrected chi connectivity index (χ2v) is 6.68. The number of halogens is 3. The van der Waals surface area contributed by atoms with E-state index in [9.17, 15) is 9.18 Å². The highest BCUT2D eigenvalue weighted by Gasteiger charge is 2.20. The first-order chi connectivity index (χ1) is 12.7. The highest BCUT2D eigenvalue weighted by molar-refractivity contribution is 5.94. The number of hydrogen-bond donors (Lipinski definition) is 1. The molecule has 1 amide bonds. The summed E-state index contributed by atoms with van der Waals surface area (Å²) in [4.78, 5) is 16.6. The molecule has 2 aromatic carbocycles. The molecule has 0 atom stereocenters. The highest BCUT2D eigenvalue weighted by atomic mass is 35.5. The molecule has 0 saturated carbocycles. The van der Waals surface area contributed by atoms with E-state index in [2.05, 4.69) is 0 Å². The second-order valence-electron chi connectivity index (χ2n) is 6.68. The predicted molar refractivity (Wildman–Crippen MR) is 117 cm³/mol. The van der Waals surface area contributed by atoms with Crippen LogP contribution in [0.2, 0.25) is 0 Å². The lowest BCUT2D eigenvalue weighted by atomic mass is 10.1. The molecule has 28 heavy (non-hydrogen) atoms. The lowest BCUT2D eigenvalue weighted by Crippen LogP contribution is -2.37. The Morgan fingerprint density at radius 2 is 1.71 bits per heavy atom. The van der Waals surface area contributed by atoms with Gasteiger partial charge in [0.15, 0.2) is 0 Å². The largest absolute Gasteiger partial charge is 0.369 e. The number of nitrogens with zero attached hydrogens (tertiary/aromatic N) is 2. The zero-order valence-corrected chi connectivity index (χ0v) is 17.5. The molecule has 0 spiro atoms. The molecule has 2 N–H and O–H groups in total. The topological polar surface area (TPSA) is 49.6 Å². The number of carbonyl (C=O) groups is 1. The van der Waals surface area contributed by atoms with Crippen LogP contribution >= 0.6 is 24.8 Å². The minimum atomic E-state index is -0.325. The van der Waals surface area contributed by atoms with Gasteiger partial charge >= 0.3 is 0 Å². The summed E-state index contributed by atoms with van der Waals surface area (Å²) in [5.41, 5.74) is 7.81. The predicted octanol–water partition coefficient (Wildman–Crippen LogP) is 3.91. The summed E-state index contributed by atoms with van der Waals surface area (Å²) in [6, 6.07) is 14.8. The third-order valence-corrected chi connectivity index (χ3v) is 4.84. The van der Waals surface area contributed by atoms with Gasteiger partial charge in [-0.15, -0.1) is 24.8 Å². The molecule has 1 heterocycles. The molecule has 0 unspecified atom stereocenters. The van der Waals surface area contributed by atoms with Crippen LogP contribution in [-0.4, -0.2) is 43.5 Å². The zero-order chi connectivity index (χ0) is 18.4. The fraction of sp³-hybridized carbons (Fsp3) is 0.381. The van der Waals surface area contributed by atoms with Gasteiger partial charge in [0.1, 0.15) is 5.82 Å². The smallest absolute Gasteiger partial charge is 0.254 e. The van der Waals surface area contributed by atoms with E-state index in [-0.39, 0.29) is 36.5 Å². The van der Waals surface area contributed by atoms with Crippen LogP contribution in [0.3, 0.4) is 0 Å². The first kappa shape index (κ1) is 24.2. The van der Waals surface area contributed by atoms with Crippen LogP contribution in [0.4, 0.5) is 10.1 Å². The quantitative estimate of drug-likeness (QED) is 0.728. The molecular weight excluding hydrogens is 400 g/mol. The number of carbonyl (C=O) groups excluding carboxylic acids is 1. The number of benzene rings is 2. The van der Waals surface area contributed by atoms with E-state index in [1.807, 2.05) is 35.2 Å². The van der Waals surface area contributed by atoms with Crippen LogP contribution in [-0.2, 0) is 6.42 Å². The van der Waals surface area contributed by atoms with Crippen molar-refractivity contribution in [1.29, 1.82) is 0 Å². The van der Waals surface area contributed by atoms with Gasteiger partial charge in [-0.2, -0.15) is 0 Å². The van der Waals surface area contributed by atoms with Crippen LogP contribution in [0.5, 0.6) is 0 Å². The van der Waals surface area contributed by atoms with Crippen LogP contribution in [0, 0.1) is 5.82 Å². The van der Waals surface area contributed by atoms with Crippen molar-refractivity contribution >= 4 is 36.4 Å². The Balaban J connectivity index is 0.00000196. The Kier molecular flexibility index (Phi) is 10.3. The summed E-state index contributed by atoms with van der Waals surface area (Å²) in [7, 11) is 0. The van der Waals surface area contributed by atoms with Gasteiger partial charge in [0.05, 0.1) is 5.69 Å². The number of amides is 1. The molecule has 3 rings (SSSR count). The van der Waals surface area contributed by atoms with Gasteiger partial charge in [0.25, 0.3) is 5.91 Å². The third kappa shape index (κ3) is 6.09. The molecule has 0 aliphatic carbocycles. The molecule has 2 aromatic rings. The molecule has 0 aromatic heterocycles. The van der Waals surface area contributed by atoms with Crippen molar-refractivity contribution in [2.75, 3.05) is 37.6 Å². The Hall–Kier alpha value is -1.82. The lowest BCUT2D eigenvalue weighted by Gasteiger charge is -2.23. The maximum atomic E-state index is 14.5. The molecule has 7 heteroatoms. The molecule has 1 fully saturated rings. The maximum absolute atomic E-state index is 14.5. The number of nitrogens with two attached hydrogens (primary N) is 1. The Bertz CT molecular complexity index is 740. The van der Waals surface area contributed by atoms with Crippen LogP contribution in [0.1, 0.15) is 28.8 Å². The maximum Gasteiger partial charge on any atom is 0.254 e. The van der Waals surface area contributed by atoms with E-state index in [0.717, 1.165) is 37.9 Å². The normalized spacial score (nSPS) is 12.9. The number of hydrogen-bond acceptors (Lipinski definition) is 3. The molecule has 1 aliphatic heterocycles. The zero-order valence-electron chi connectivity index (χ0n) is 15.9. The molecule has 4 nitrogen and oxygen atoms in total. The third-order valence-electron chi connectivity index (χ3n) is 4.84. The SMILES string of the molecule is Cl.Cl.NCCN(CCc1ccccc1)C(=O)c1ccc(N2CCCC2)c(F)c1.